The van der Waals surface area contributed by atoms with E-state index in [1.165, 1.54) is 12.8 Å². The van der Waals surface area contributed by atoms with Gasteiger partial charge in [-0.2, -0.15) is 0 Å². The Kier molecular flexibility index (Phi) is 6.56. The maximum absolute atomic E-state index is 13.7. The fourth-order valence-corrected chi connectivity index (χ4v) is 7.27. The van der Waals surface area contributed by atoms with E-state index in [4.69, 9.17) is 4.74 Å². The van der Waals surface area contributed by atoms with Crippen LogP contribution in [0.2, 0.25) is 0 Å². The summed E-state index contributed by atoms with van der Waals surface area (Å²) < 4.78 is 31.9. The fraction of sp³-hybridized carbons (Fsp3) is 0.520. The first-order valence-electron chi connectivity index (χ1n) is 11.5. The molecule has 1 aromatic carbocycles. The summed E-state index contributed by atoms with van der Waals surface area (Å²) in [5.41, 5.74) is 2.36. The van der Waals surface area contributed by atoms with Crippen LogP contribution >= 0.6 is 0 Å². The molecule has 0 bridgehead atoms. The maximum atomic E-state index is 13.7. The second-order valence-electron chi connectivity index (χ2n) is 9.19. The van der Waals surface area contributed by atoms with Crippen molar-refractivity contribution in [3.05, 3.63) is 53.2 Å². The monoisotopic (exact) mass is 456 g/mol. The van der Waals surface area contributed by atoms with E-state index < -0.39 is 20.5 Å². The lowest BCUT2D eigenvalue weighted by molar-refractivity contribution is -0.123. The first-order chi connectivity index (χ1) is 15.3. The molecular weight excluding hydrogens is 424 g/mol. The number of carbonyl (C=O) groups is 1. The molecule has 0 spiro atoms. The van der Waals surface area contributed by atoms with Crippen LogP contribution in [0.5, 0.6) is 5.88 Å². The van der Waals surface area contributed by atoms with Gasteiger partial charge in [0.05, 0.1) is 4.90 Å². The van der Waals surface area contributed by atoms with Crippen LogP contribution in [-0.4, -0.2) is 30.2 Å². The van der Waals surface area contributed by atoms with Crippen LogP contribution in [0.3, 0.4) is 0 Å². The van der Waals surface area contributed by atoms with Crippen LogP contribution < -0.4 is 10.1 Å². The van der Waals surface area contributed by atoms with Crippen molar-refractivity contribution in [2.75, 3.05) is 0 Å². The third kappa shape index (κ3) is 4.40. The van der Waals surface area contributed by atoms with Gasteiger partial charge in [-0.05, 0) is 75.1 Å². The Hall–Kier alpha value is -2.41. The summed E-state index contributed by atoms with van der Waals surface area (Å²) in [5, 5.41) is 2.89. The van der Waals surface area contributed by atoms with Crippen molar-refractivity contribution in [1.82, 2.24) is 10.3 Å². The molecule has 0 radical (unpaired) electrons. The first-order valence-corrected chi connectivity index (χ1v) is 13.0. The van der Waals surface area contributed by atoms with Gasteiger partial charge in [0.15, 0.2) is 14.6 Å². The van der Waals surface area contributed by atoms with E-state index in [1.54, 1.807) is 19.2 Å². The SMILES string of the molecule is Cc1ccc(C)c(S(=O)(=O)C2(C(=O)NCc3ccc(OC4CCCC4)nc3)CCCC2)c1. The number of nitrogens with one attached hydrogen (secondary N) is 1. The van der Waals surface area contributed by atoms with E-state index in [-0.39, 0.29) is 17.5 Å². The summed E-state index contributed by atoms with van der Waals surface area (Å²) in [4.78, 5) is 17.9. The smallest absolute Gasteiger partial charge is 0.242 e. The van der Waals surface area contributed by atoms with E-state index in [0.29, 0.717) is 24.3 Å². The van der Waals surface area contributed by atoms with Crippen LogP contribution in [0.25, 0.3) is 0 Å². The molecular formula is C25H32N2O4S. The Bertz CT molecular complexity index is 1070. The number of hydrogen-bond acceptors (Lipinski definition) is 5. The Morgan fingerprint density at radius 3 is 2.47 bits per heavy atom. The number of carbonyl (C=O) groups excluding carboxylic acids is 1. The van der Waals surface area contributed by atoms with Crippen molar-refractivity contribution < 1.29 is 17.9 Å². The number of nitrogens with zero attached hydrogens (tertiary/aromatic N) is 1. The molecule has 4 rings (SSSR count). The summed E-state index contributed by atoms with van der Waals surface area (Å²) in [5.74, 6) is 0.180. The molecule has 6 nitrogen and oxygen atoms in total. The van der Waals surface area contributed by atoms with Crippen molar-refractivity contribution in [3.63, 3.8) is 0 Å². The predicted molar refractivity (Wildman–Crippen MR) is 123 cm³/mol. The quantitative estimate of drug-likeness (QED) is 0.666. The highest BCUT2D eigenvalue weighted by Crippen LogP contribution is 2.41. The zero-order valence-corrected chi connectivity index (χ0v) is 19.7. The molecule has 0 unspecified atom stereocenters. The van der Waals surface area contributed by atoms with Crippen LogP contribution in [-0.2, 0) is 21.2 Å². The lowest BCUT2D eigenvalue weighted by Crippen LogP contribution is -2.50. The van der Waals surface area contributed by atoms with Gasteiger partial charge < -0.3 is 10.1 Å². The summed E-state index contributed by atoms with van der Waals surface area (Å²) in [6, 6.07) is 9.08. The Morgan fingerprint density at radius 2 is 1.81 bits per heavy atom. The molecule has 2 saturated carbocycles. The highest BCUT2D eigenvalue weighted by Gasteiger charge is 2.53. The Morgan fingerprint density at radius 1 is 1.09 bits per heavy atom. The van der Waals surface area contributed by atoms with Crippen molar-refractivity contribution in [3.8, 4) is 5.88 Å². The number of rotatable bonds is 7. The number of benzene rings is 1. The van der Waals surface area contributed by atoms with Crippen molar-refractivity contribution in [2.24, 2.45) is 0 Å². The summed E-state index contributed by atoms with van der Waals surface area (Å²) in [6.07, 6.45) is 8.60. The van der Waals surface area contributed by atoms with Crippen LogP contribution in [0.1, 0.15) is 68.1 Å². The van der Waals surface area contributed by atoms with Gasteiger partial charge in [0, 0.05) is 18.8 Å². The normalized spacial score (nSPS) is 18.6. The Labute approximate surface area is 190 Å². The lowest BCUT2D eigenvalue weighted by atomic mass is 10.1. The van der Waals surface area contributed by atoms with Gasteiger partial charge in [-0.1, -0.05) is 31.0 Å². The topological polar surface area (TPSA) is 85.4 Å². The lowest BCUT2D eigenvalue weighted by Gasteiger charge is -2.28. The zero-order valence-electron chi connectivity index (χ0n) is 18.9. The zero-order chi connectivity index (χ0) is 22.8. The minimum Gasteiger partial charge on any atom is -0.474 e. The van der Waals surface area contributed by atoms with E-state index in [9.17, 15) is 13.2 Å². The van der Waals surface area contributed by atoms with E-state index in [2.05, 4.69) is 10.3 Å². The molecule has 172 valence electrons. The van der Waals surface area contributed by atoms with Gasteiger partial charge in [-0.25, -0.2) is 13.4 Å². The molecule has 0 aliphatic heterocycles. The molecule has 2 aromatic rings. The van der Waals surface area contributed by atoms with Crippen LogP contribution in [0.4, 0.5) is 0 Å². The molecule has 2 aliphatic carbocycles. The third-order valence-corrected chi connectivity index (χ3v) is 9.45. The molecule has 7 heteroatoms. The number of sulfone groups is 1. The van der Waals surface area contributed by atoms with Gasteiger partial charge in [0.25, 0.3) is 0 Å². The highest BCUT2D eigenvalue weighted by atomic mass is 32.2. The summed E-state index contributed by atoms with van der Waals surface area (Å²) in [7, 11) is -3.82. The van der Waals surface area contributed by atoms with E-state index in [0.717, 1.165) is 36.8 Å². The van der Waals surface area contributed by atoms with Crippen molar-refractivity contribution >= 4 is 15.7 Å². The third-order valence-electron chi connectivity index (χ3n) is 6.81. The number of hydrogen-bond donors (Lipinski definition) is 1. The van der Waals surface area contributed by atoms with Gasteiger partial charge in [0.1, 0.15) is 6.10 Å². The van der Waals surface area contributed by atoms with Crippen LogP contribution in [0, 0.1) is 13.8 Å². The minimum absolute atomic E-state index is 0.236. The molecule has 1 aromatic heterocycles. The fourth-order valence-electron chi connectivity index (χ4n) is 4.88. The largest absolute Gasteiger partial charge is 0.474 e. The van der Waals surface area contributed by atoms with Crippen molar-refractivity contribution in [1.29, 1.82) is 0 Å². The molecule has 32 heavy (non-hydrogen) atoms. The van der Waals surface area contributed by atoms with Gasteiger partial charge in [-0.3, -0.25) is 4.79 Å². The molecule has 2 fully saturated rings. The minimum atomic E-state index is -3.82. The predicted octanol–water partition coefficient (Wildman–Crippen LogP) is 4.42. The molecule has 1 amide bonds. The second-order valence-corrected chi connectivity index (χ2v) is 11.4. The standard InChI is InChI=1S/C25H32N2O4S/c1-18-9-10-19(2)22(15-18)32(29,30)25(13-5-6-14-25)24(28)27-17-20-11-12-23(26-16-20)31-21-7-3-4-8-21/h9-12,15-16,21H,3-8,13-14,17H2,1-2H3,(H,27,28). The number of pyridine rings is 1. The molecule has 2 aliphatic rings. The van der Waals surface area contributed by atoms with Gasteiger partial charge >= 0.3 is 0 Å². The molecule has 1 N–H and O–H groups in total. The summed E-state index contributed by atoms with van der Waals surface area (Å²) in [6.45, 7) is 3.89. The highest BCUT2D eigenvalue weighted by molar-refractivity contribution is 7.93. The number of amides is 1. The van der Waals surface area contributed by atoms with E-state index >= 15 is 0 Å². The Balaban J connectivity index is 1.48. The molecule has 0 atom stereocenters. The van der Waals surface area contributed by atoms with E-state index in [1.807, 2.05) is 31.2 Å². The van der Waals surface area contributed by atoms with Gasteiger partial charge in [-0.15, -0.1) is 0 Å². The maximum Gasteiger partial charge on any atom is 0.242 e. The average Bonchev–Trinajstić information content (AvgIpc) is 3.48. The van der Waals surface area contributed by atoms with Gasteiger partial charge in [0.2, 0.25) is 11.8 Å². The number of ether oxygens (including phenoxy) is 1. The number of aromatic nitrogens is 1. The number of aryl methyl sites for hydroxylation is 2. The van der Waals surface area contributed by atoms with Crippen LogP contribution in [0.15, 0.2) is 41.4 Å². The second kappa shape index (κ2) is 9.22. The molecule has 0 saturated heterocycles. The molecule has 1 heterocycles. The summed E-state index contributed by atoms with van der Waals surface area (Å²) >= 11 is 0. The first kappa shape index (κ1) is 22.8. The average molecular weight is 457 g/mol. The van der Waals surface area contributed by atoms with Crippen molar-refractivity contribution in [2.45, 2.75) is 87.5 Å².